The van der Waals surface area contributed by atoms with Crippen molar-refractivity contribution in [2.45, 2.75) is 0 Å². The van der Waals surface area contributed by atoms with Crippen LogP contribution in [0.2, 0.25) is 0 Å². The Morgan fingerprint density at radius 2 is 1.55 bits per heavy atom. The molecule has 0 amide bonds. The lowest BCUT2D eigenvalue weighted by atomic mass is 10.2. The highest BCUT2D eigenvalue weighted by molar-refractivity contribution is 5.88. The summed E-state index contributed by atoms with van der Waals surface area (Å²) in [6.07, 6.45) is 5.22. The molecule has 0 atom stereocenters. The molecule has 0 fully saturated rings. The van der Waals surface area contributed by atoms with E-state index in [2.05, 4.69) is 0 Å². The first-order chi connectivity index (χ1) is 9.84. The molecule has 3 rings (SSSR count). The Hall–Kier alpha value is -2.74. The monoisotopic (exact) mass is 260 g/mol. The zero-order valence-electron chi connectivity index (χ0n) is 10.9. The molecule has 2 aromatic carbocycles. The predicted octanol–water partition coefficient (Wildman–Crippen LogP) is 3.48. The third-order valence-electron chi connectivity index (χ3n) is 3.16. The van der Waals surface area contributed by atoms with Crippen molar-refractivity contribution in [2.24, 2.45) is 0 Å². The molecule has 0 aliphatic heterocycles. The fourth-order valence-corrected chi connectivity index (χ4v) is 2.17. The van der Waals surface area contributed by atoms with E-state index >= 15 is 0 Å². The quantitative estimate of drug-likeness (QED) is 0.510. The summed E-state index contributed by atoms with van der Waals surface area (Å²) in [5.41, 5.74) is 1.93. The molecule has 0 saturated heterocycles. The van der Waals surface area contributed by atoms with Crippen LogP contribution in [0.15, 0.2) is 79.0 Å². The fourth-order valence-electron chi connectivity index (χ4n) is 2.17. The van der Waals surface area contributed by atoms with Crippen LogP contribution < -0.4 is 4.57 Å². The molecule has 0 aliphatic carbocycles. The fraction of sp³-hybridized carbons (Fsp3) is 0. The molecule has 20 heavy (non-hydrogen) atoms. The molecule has 2 nitrogen and oxygen atoms in total. The molecule has 3 aromatic rings. The Kier molecular flexibility index (Phi) is 3.38. The number of hydrogen-bond donors (Lipinski definition) is 0. The van der Waals surface area contributed by atoms with Gasteiger partial charge in [0.05, 0.1) is 6.08 Å². The van der Waals surface area contributed by atoms with E-state index in [1.165, 1.54) is 0 Å². The Bertz CT molecular complexity index is 770. The molecular weight excluding hydrogens is 246 g/mol. The van der Waals surface area contributed by atoms with E-state index < -0.39 is 0 Å². The lowest BCUT2D eigenvalue weighted by Gasteiger charge is -1.96. The molecule has 0 aliphatic rings. The van der Waals surface area contributed by atoms with Crippen LogP contribution in [-0.4, -0.2) is 5.91 Å². The van der Waals surface area contributed by atoms with Crippen molar-refractivity contribution < 1.29 is 9.36 Å². The standard InChI is InChI=1S/C18H14NO/c20-18(13-12-15-7-2-1-3-8-15)19-14-6-10-16-9-4-5-11-17(16)19/h1-14H/q+1. The van der Waals surface area contributed by atoms with Gasteiger partial charge in [-0.2, -0.15) is 0 Å². The number of fused-ring (bicyclic) bond motifs is 1. The van der Waals surface area contributed by atoms with Gasteiger partial charge in [-0.05, 0) is 23.8 Å². The lowest BCUT2D eigenvalue weighted by Crippen LogP contribution is -2.41. The summed E-state index contributed by atoms with van der Waals surface area (Å²) in [6.45, 7) is 0. The van der Waals surface area contributed by atoms with E-state index in [0.717, 1.165) is 16.5 Å². The minimum absolute atomic E-state index is 0.0503. The van der Waals surface area contributed by atoms with Gasteiger partial charge in [0.1, 0.15) is 0 Å². The lowest BCUT2D eigenvalue weighted by molar-refractivity contribution is -0.541. The molecular formula is C18H14NO+. The summed E-state index contributed by atoms with van der Waals surface area (Å²) < 4.78 is 1.66. The smallest absolute Gasteiger partial charge is 0.214 e. The van der Waals surface area contributed by atoms with Gasteiger partial charge in [-0.15, -0.1) is 4.57 Å². The van der Waals surface area contributed by atoms with Crippen molar-refractivity contribution in [3.63, 3.8) is 0 Å². The number of carbonyl (C=O) groups excluding carboxylic acids is 1. The van der Waals surface area contributed by atoms with Gasteiger partial charge in [0.2, 0.25) is 5.52 Å². The molecule has 2 heteroatoms. The van der Waals surface area contributed by atoms with Crippen molar-refractivity contribution in [2.75, 3.05) is 0 Å². The van der Waals surface area contributed by atoms with Gasteiger partial charge >= 0.3 is 5.91 Å². The zero-order chi connectivity index (χ0) is 13.8. The first kappa shape index (κ1) is 12.3. The van der Waals surface area contributed by atoms with Crippen LogP contribution in [0.1, 0.15) is 10.4 Å². The van der Waals surface area contributed by atoms with Crippen LogP contribution in [0.5, 0.6) is 0 Å². The molecule has 0 spiro atoms. The van der Waals surface area contributed by atoms with Gasteiger partial charge in [0, 0.05) is 17.5 Å². The zero-order valence-corrected chi connectivity index (χ0v) is 10.9. The molecule has 0 bridgehead atoms. The summed E-state index contributed by atoms with van der Waals surface area (Å²) in [6, 6.07) is 21.5. The van der Waals surface area contributed by atoms with Crippen molar-refractivity contribution in [3.05, 3.63) is 84.6 Å². The normalized spacial score (nSPS) is 11.0. The maximum absolute atomic E-state index is 12.3. The van der Waals surface area contributed by atoms with E-state index in [1.807, 2.05) is 72.8 Å². The third kappa shape index (κ3) is 2.50. The number of rotatable bonds is 2. The topological polar surface area (TPSA) is 20.9 Å². The number of nitrogens with zero attached hydrogens (tertiary/aromatic N) is 1. The number of aromatic nitrogens is 1. The van der Waals surface area contributed by atoms with Gasteiger partial charge in [0.15, 0.2) is 6.20 Å². The van der Waals surface area contributed by atoms with E-state index in [4.69, 9.17) is 0 Å². The van der Waals surface area contributed by atoms with E-state index in [1.54, 1.807) is 16.8 Å². The van der Waals surface area contributed by atoms with Crippen LogP contribution in [0.25, 0.3) is 17.0 Å². The Morgan fingerprint density at radius 1 is 0.850 bits per heavy atom. The number of carbonyl (C=O) groups is 1. The molecule has 0 saturated carbocycles. The average molecular weight is 260 g/mol. The minimum atomic E-state index is -0.0503. The van der Waals surface area contributed by atoms with E-state index in [9.17, 15) is 4.79 Å². The Labute approximate surface area is 117 Å². The second-order valence-electron chi connectivity index (χ2n) is 4.52. The highest BCUT2D eigenvalue weighted by Crippen LogP contribution is 2.08. The predicted molar refractivity (Wildman–Crippen MR) is 80.2 cm³/mol. The first-order valence-electron chi connectivity index (χ1n) is 6.51. The van der Waals surface area contributed by atoms with Crippen LogP contribution in [0.3, 0.4) is 0 Å². The second-order valence-corrected chi connectivity index (χ2v) is 4.52. The number of pyridine rings is 1. The molecule has 0 radical (unpaired) electrons. The summed E-state index contributed by atoms with van der Waals surface area (Å²) in [4.78, 5) is 12.3. The minimum Gasteiger partial charge on any atom is -0.214 e. The van der Waals surface area contributed by atoms with Crippen molar-refractivity contribution in [1.82, 2.24) is 0 Å². The number of para-hydroxylation sites is 1. The molecule has 1 aromatic heterocycles. The van der Waals surface area contributed by atoms with Gasteiger partial charge in [0.25, 0.3) is 0 Å². The summed E-state index contributed by atoms with van der Waals surface area (Å²) in [5, 5.41) is 1.05. The van der Waals surface area contributed by atoms with Crippen molar-refractivity contribution >= 4 is 22.9 Å². The highest BCUT2D eigenvalue weighted by atomic mass is 16.1. The molecule has 1 heterocycles. The van der Waals surface area contributed by atoms with Crippen molar-refractivity contribution in [3.8, 4) is 0 Å². The van der Waals surface area contributed by atoms with Crippen molar-refractivity contribution in [1.29, 1.82) is 0 Å². The van der Waals surface area contributed by atoms with Gasteiger partial charge < -0.3 is 0 Å². The van der Waals surface area contributed by atoms with Gasteiger partial charge in [-0.3, -0.25) is 0 Å². The first-order valence-corrected chi connectivity index (χ1v) is 6.51. The van der Waals surface area contributed by atoms with Gasteiger partial charge in [-0.25, -0.2) is 4.79 Å². The third-order valence-corrected chi connectivity index (χ3v) is 3.16. The summed E-state index contributed by atoms with van der Waals surface area (Å²) in [7, 11) is 0. The van der Waals surface area contributed by atoms with Gasteiger partial charge in [-0.1, -0.05) is 42.5 Å². The largest absolute Gasteiger partial charge is 0.417 e. The van der Waals surface area contributed by atoms with Crippen LogP contribution in [-0.2, 0) is 0 Å². The second kappa shape index (κ2) is 5.49. The summed E-state index contributed by atoms with van der Waals surface area (Å²) in [5.74, 6) is -0.0503. The molecule has 96 valence electrons. The molecule has 0 unspecified atom stereocenters. The maximum Gasteiger partial charge on any atom is 0.417 e. The average Bonchev–Trinajstić information content (AvgIpc) is 2.53. The van der Waals surface area contributed by atoms with Crippen LogP contribution in [0, 0.1) is 0 Å². The van der Waals surface area contributed by atoms with Crippen LogP contribution >= 0.6 is 0 Å². The number of hydrogen-bond acceptors (Lipinski definition) is 1. The van der Waals surface area contributed by atoms with E-state index in [-0.39, 0.29) is 5.91 Å². The van der Waals surface area contributed by atoms with E-state index in [0.29, 0.717) is 0 Å². The maximum atomic E-state index is 12.3. The SMILES string of the molecule is O=C(C=Cc1ccccc1)[n+]1cccc2ccccc21. The number of allylic oxidation sites excluding steroid dienone is 1. The molecule has 0 N–H and O–H groups in total. The Morgan fingerprint density at radius 3 is 2.40 bits per heavy atom. The summed E-state index contributed by atoms with van der Waals surface area (Å²) >= 11 is 0. The Balaban J connectivity index is 1.95. The number of benzene rings is 2. The highest BCUT2D eigenvalue weighted by Gasteiger charge is 2.14. The van der Waals surface area contributed by atoms with Crippen LogP contribution in [0.4, 0.5) is 0 Å².